The van der Waals surface area contributed by atoms with Crippen LogP contribution in [-0.2, 0) is 16.0 Å². The number of amides is 2. The van der Waals surface area contributed by atoms with Crippen LogP contribution < -0.4 is 0 Å². The van der Waals surface area contributed by atoms with Gasteiger partial charge in [0.15, 0.2) is 0 Å². The van der Waals surface area contributed by atoms with Gasteiger partial charge in [-0.1, -0.05) is 37.3 Å². The maximum atomic E-state index is 13.3. The zero-order chi connectivity index (χ0) is 20.8. The van der Waals surface area contributed by atoms with E-state index in [2.05, 4.69) is 0 Å². The van der Waals surface area contributed by atoms with E-state index < -0.39 is 29.8 Å². The molecule has 0 bridgehead atoms. The van der Waals surface area contributed by atoms with Gasteiger partial charge in [-0.2, -0.15) is 0 Å². The Kier molecular flexibility index (Phi) is 4.99. The number of carbonyl (C=O) groups is 2. The Bertz CT molecular complexity index is 876. The van der Waals surface area contributed by atoms with Crippen LogP contribution in [0.5, 0.6) is 0 Å². The lowest BCUT2D eigenvalue weighted by Crippen LogP contribution is -2.49. The van der Waals surface area contributed by atoms with E-state index in [-0.39, 0.29) is 17.7 Å². The van der Waals surface area contributed by atoms with E-state index in [1.807, 2.05) is 56.3 Å². The molecule has 2 aliphatic rings. The van der Waals surface area contributed by atoms with Gasteiger partial charge in [-0.25, -0.2) is 9.69 Å². The SMILES string of the molecule is C[C@H](C(=O)N1C(=O)OC(C)(C)[C@@H]1Cc1ccccc1)[C@H](O)[C@H]1C[C@@H]1c1ccco1. The molecule has 1 N–H and O–H groups in total. The highest BCUT2D eigenvalue weighted by Crippen LogP contribution is 2.51. The molecule has 2 aromatic rings. The molecule has 0 spiro atoms. The number of carbonyl (C=O) groups excluding carboxylic acids is 2. The van der Waals surface area contributed by atoms with Crippen molar-refractivity contribution in [3.8, 4) is 0 Å². The average Bonchev–Trinajstić information content (AvgIpc) is 3.22. The zero-order valence-electron chi connectivity index (χ0n) is 16.9. The molecule has 1 aliphatic heterocycles. The van der Waals surface area contributed by atoms with Gasteiger partial charge >= 0.3 is 6.09 Å². The lowest BCUT2D eigenvalue weighted by atomic mass is 9.90. The van der Waals surface area contributed by atoms with Gasteiger partial charge in [-0.05, 0) is 50.3 Å². The molecule has 154 valence electrons. The van der Waals surface area contributed by atoms with Crippen molar-refractivity contribution in [3.05, 3.63) is 60.1 Å². The fraction of sp³-hybridized carbons (Fsp3) is 0.478. The third kappa shape index (κ3) is 3.69. The van der Waals surface area contributed by atoms with Crippen LogP contribution in [0.1, 0.15) is 44.4 Å². The Morgan fingerprint density at radius 1 is 1.24 bits per heavy atom. The van der Waals surface area contributed by atoms with Crippen molar-refractivity contribution < 1.29 is 23.8 Å². The zero-order valence-corrected chi connectivity index (χ0v) is 16.9. The third-order valence-corrected chi connectivity index (χ3v) is 6.26. The van der Waals surface area contributed by atoms with Gasteiger partial charge in [-0.15, -0.1) is 0 Å². The lowest BCUT2D eigenvalue weighted by Gasteiger charge is -2.30. The maximum Gasteiger partial charge on any atom is 0.417 e. The first kappa shape index (κ1) is 19.7. The largest absolute Gasteiger partial charge is 0.469 e. The Hall–Kier alpha value is -2.60. The summed E-state index contributed by atoms with van der Waals surface area (Å²) in [5.74, 6) is -0.187. The molecule has 2 amide bonds. The van der Waals surface area contributed by atoms with Crippen LogP contribution in [0.3, 0.4) is 0 Å². The fourth-order valence-corrected chi connectivity index (χ4v) is 4.36. The first-order valence-corrected chi connectivity index (χ1v) is 10.1. The first-order chi connectivity index (χ1) is 13.8. The van der Waals surface area contributed by atoms with Gasteiger partial charge in [0.2, 0.25) is 5.91 Å². The standard InChI is InChI=1S/C23H27NO5/c1-14(20(25)17-13-16(17)18-10-7-11-28-18)21(26)24-19(23(2,3)29-22(24)27)12-15-8-5-4-6-9-15/h4-11,14,16-17,19-20,25H,12-13H2,1-3H3/t14-,16-,17-,19-,20-/m0/s1. The number of hydrogen-bond donors (Lipinski definition) is 1. The van der Waals surface area contributed by atoms with Gasteiger partial charge in [-0.3, -0.25) is 4.79 Å². The summed E-state index contributed by atoms with van der Waals surface area (Å²) in [7, 11) is 0. The maximum absolute atomic E-state index is 13.3. The minimum Gasteiger partial charge on any atom is -0.469 e. The second-order valence-electron chi connectivity index (χ2n) is 8.69. The van der Waals surface area contributed by atoms with Crippen LogP contribution in [0.25, 0.3) is 0 Å². The molecule has 2 fully saturated rings. The molecule has 29 heavy (non-hydrogen) atoms. The van der Waals surface area contributed by atoms with E-state index >= 15 is 0 Å². The second kappa shape index (κ2) is 7.34. The van der Waals surface area contributed by atoms with Crippen molar-refractivity contribution in [1.29, 1.82) is 0 Å². The van der Waals surface area contributed by atoms with Crippen molar-refractivity contribution >= 4 is 12.0 Å². The molecule has 1 aromatic heterocycles. The predicted molar refractivity (Wildman–Crippen MR) is 106 cm³/mol. The number of hydrogen-bond acceptors (Lipinski definition) is 5. The molecule has 1 saturated carbocycles. The van der Waals surface area contributed by atoms with Gasteiger partial charge in [0.25, 0.3) is 0 Å². The number of aliphatic hydroxyl groups is 1. The lowest BCUT2D eigenvalue weighted by molar-refractivity contribution is -0.137. The van der Waals surface area contributed by atoms with Crippen molar-refractivity contribution in [2.24, 2.45) is 11.8 Å². The molecule has 2 heterocycles. The summed E-state index contributed by atoms with van der Waals surface area (Å²) in [4.78, 5) is 27.0. The van der Waals surface area contributed by atoms with Crippen LogP contribution in [0.2, 0.25) is 0 Å². The minimum atomic E-state index is -0.841. The van der Waals surface area contributed by atoms with Crippen LogP contribution in [0.4, 0.5) is 4.79 Å². The highest BCUT2D eigenvalue weighted by molar-refractivity contribution is 5.95. The highest BCUT2D eigenvalue weighted by Gasteiger charge is 2.54. The van der Waals surface area contributed by atoms with Crippen molar-refractivity contribution in [2.45, 2.75) is 57.3 Å². The van der Waals surface area contributed by atoms with Gasteiger partial charge in [0.1, 0.15) is 11.4 Å². The molecular weight excluding hydrogens is 370 g/mol. The van der Waals surface area contributed by atoms with Gasteiger partial charge < -0.3 is 14.3 Å². The number of aliphatic hydroxyl groups excluding tert-OH is 1. The molecule has 0 unspecified atom stereocenters. The Labute approximate surface area is 170 Å². The second-order valence-corrected chi connectivity index (χ2v) is 8.69. The van der Waals surface area contributed by atoms with Crippen LogP contribution in [0, 0.1) is 11.8 Å². The van der Waals surface area contributed by atoms with Crippen LogP contribution >= 0.6 is 0 Å². The number of furan rings is 1. The quantitative estimate of drug-likeness (QED) is 0.803. The van der Waals surface area contributed by atoms with Crippen molar-refractivity contribution in [2.75, 3.05) is 0 Å². The number of nitrogens with zero attached hydrogens (tertiary/aromatic N) is 1. The number of rotatable bonds is 6. The monoisotopic (exact) mass is 397 g/mol. The molecule has 0 radical (unpaired) electrons. The van der Waals surface area contributed by atoms with Crippen LogP contribution in [0.15, 0.2) is 53.1 Å². The summed E-state index contributed by atoms with van der Waals surface area (Å²) < 4.78 is 10.9. The highest BCUT2D eigenvalue weighted by atomic mass is 16.6. The summed E-state index contributed by atoms with van der Waals surface area (Å²) in [6, 6.07) is 13.0. The molecule has 1 aromatic carbocycles. The number of cyclic esters (lactones) is 1. The Morgan fingerprint density at radius 3 is 2.62 bits per heavy atom. The number of benzene rings is 1. The summed E-state index contributed by atoms with van der Waals surface area (Å²) in [6.07, 6.45) is 1.41. The summed E-state index contributed by atoms with van der Waals surface area (Å²) in [5.41, 5.74) is 0.221. The van der Waals surface area contributed by atoms with Crippen LogP contribution in [-0.4, -0.2) is 39.8 Å². The number of imide groups is 1. The first-order valence-electron chi connectivity index (χ1n) is 10.1. The average molecular weight is 397 g/mol. The third-order valence-electron chi connectivity index (χ3n) is 6.26. The Balaban J connectivity index is 1.50. The molecule has 6 nitrogen and oxygen atoms in total. The Morgan fingerprint density at radius 2 is 1.97 bits per heavy atom. The van der Waals surface area contributed by atoms with Crippen molar-refractivity contribution in [1.82, 2.24) is 4.90 Å². The molecule has 1 saturated heterocycles. The van der Waals surface area contributed by atoms with Gasteiger partial charge in [0.05, 0.1) is 24.3 Å². The minimum absolute atomic E-state index is 0.0423. The van der Waals surface area contributed by atoms with E-state index in [9.17, 15) is 14.7 Å². The van der Waals surface area contributed by atoms with E-state index in [1.165, 1.54) is 4.90 Å². The summed E-state index contributed by atoms with van der Waals surface area (Å²) in [5, 5.41) is 10.8. The smallest absolute Gasteiger partial charge is 0.417 e. The molecular formula is C23H27NO5. The van der Waals surface area contributed by atoms with E-state index in [0.717, 1.165) is 17.7 Å². The van der Waals surface area contributed by atoms with Gasteiger partial charge in [0, 0.05) is 5.92 Å². The molecule has 4 rings (SSSR count). The molecule has 6 heteroatoms. The molecule has 5 atom stereocenters. The van der Waals surface area contributed by atoms with E-state index in [1.54, 1.807) is 13.2 Å². The molecule has 1 aliphatic carbocycles. The fourth-order valence-electron chi connectivity index (χ4n) is 4.36. The summed E-state index contributed by atoms with van der Waals surface area (Å²) >= 11 is 0. The summed E-state index contributed by atoms with van der Waals surface area (Å²) in [6.45, 7) is 5.32. The normalized spacial score (nSPS) is 27.4. The topological polar surface area (TPSA) is 80.0 Å². The van der Waals surface area contributed by atoms with E-state index in [4.69, 9.17) is 9.15 Å². The van der Waals surface area contributed by atoms with E-state index in [0.29, 0.717) is 6.42 Å². The number of ether oxygens (including phenoxy) is 1. The van der Waals surface area contributed by atoms with Crippen molar-refractivity contribution in [3.63, 3.8) is 0 Å². The predicted octanol–water partition coefficient (Wildman–Crippen LogP) is 3.75.